The number of carbonyl (C=O) groups is 1. The molecule has 0 radical (unpaired) electrons. The maximum absolute atomic E-state index is 12.5. The second-order valence-corrected chi connectivity index (χ2v) is 11.9. The average Bonchev–Trinajstić information content (AvgIpc) is 3.29. The molecule has 1 amide bonds. The fourth-order valence-corrected chi connectivity index (χ4v) is 8.22. The van der Waals surface area contributed by atoms with Gasteiger partial charge >= 0.3 is 0 Å². The zero-order valence-corrected chi connectivity index (χ0v) is 18.2. The standard InChI is InChI=1S/C20H22N2O3S3/c1-13(2)14-5-7-15(8-6-14)22-17-11-28(24,25)12-18(17)27-20(22)21-19(23)10-16-4-3-9-26-16/h3-9,13,17-18H,10-12H2,1-2H3/t17-,18-/m0/s1. The number of amidine groups is 1. The summed E-state index contributed by atoms with van der Waals surface area (Å²) in [4.78, 5) is 19.8. The minimum Gasteiger partial charge on any atom is -0.316 e. The molecule has 148 valence electrons. The van der Waals surface area contributed by atoms with Crippen molar-refractivity contribution in [2.45, 2.75) is 37.5 Å². The summed E-state index contributed by atoms with van der Waals surface area (Å²) in [6.45, 7) is 4.27. The highest BCUT2D eigenvalue weighted by molar-refractivity contribution is 8.16. The first kappa shape index (κ1) is 19.7. The molecule has 2 fully saturated rings. The highest BCUT2D eigenvalue weighted by atomic mass is 32.2. The maximum atomic E-state index is 12.5. The third-order valence-electron chi connectivity index (χ3n) is 5.03. The van der Waals surface area contributed by atoms with Crippen LogP contribution in [0.15, 0.2) is 46.8 Å². The fraction of sp³-hybridized carbons (Fsp3) is 0.400. The topological polar surface area (TPSA) is 66.8 Å². The number of amides is 1. The Morgan fingerprint density at radius 1 is 1.21 bits per heavy atom. The number of thioether (sulfide) groups is 1. The van der Waals surface area contributed by atoms with Crippen molar-refractivity contribution in [1.82, 2.24) is 0 Å². The zero-order valence-electron chi connectivity index (χ0n) is 15.7. The summed E-state index contributed by atoms with van der Waals surface area (Å²) < 4.78 is 24.3. The number of thiophene rings is 1. The van der Waals surface area contributed by atoms with E-state index in [2.05, 4.69) is 31.0 Å². The lowest BCUT2D eigenvalue weighted by Crippen LogP contribution is -2.37. The first-order chi connectivity index (χ1) is 13.3. The molecule has 0 aliphatic carbocycles. The van der Waals surface area contributed by atoms with Crippen molar-refractivity contribution in [3.8, 4) is 0 Å². The lowest BCUT2D eigenvalue weighted by atomic mass is 10.0. The SMILES string of the molecule is CC(C)c1ccc(N2C(=NC(=O)Cc3cccs3)S[C@H]3CS(=O)(=O)C[C@@H]32)cc1. The molecule has 1 aromatic heterocycles. The van der Waals surface area contributed by atoms with Crippen molar-refractivity contribution < 1.29 is 13.2 Å². The van der Waals surface area contributed by atoms with E-state index in [0.29, 0.717) is 11.1 Å². The van der Waals surface area contributed by atoms with E-state index in [9.17, 15) is 13.2 Å². The number of hydrogen-bond acceptors (Lipinski definition) is 5. The minimum atomic E-state index is -3.06. The largest absolute Gasteiger partial charge is 0.316 e. The number of carbonyl (C=O) groups excluding carboxylic acids is 1. The van der Waals surface area contributed by atoms with Crippen LogP contribution in [0.25, 0.3) is 0 Å². The summed E-state index contributed by atoms with van der Waals surface area (Å²) in [6.07, 6.45) is 0.273. The monoisotopic (exact) mass is 434 g/mol. The molecule has 2 saturated heterocycles. The number of hydrogen-bond donors (Lipinski definition) is 0. The molecule has 0 unspecified atom stereocenters. The number of nitrogens with zero attached hydrogens (tertiary/aromatic N) is 2. The number of fused-ring (bicyclic) bond motifs is 1. The highest BCUT2D eigenvalue weighted by Crippen LogP contribution is 2.41. The zero-order chi connectivity index (χ0) is 19.9. The predicted molar refractivity (Wildman–Crippen MR) is 117 cm³/mol. The van der Waals surface area contributed by atoms with Gasteiger partial charge in [0.25, 0.3) is 5.91 Å². The molecule has 4 rings (SSSR count). The van der Waals surface area contributed by atoms with Gasteiger partial charge in [-0.2, -0.15) is 4.99 Å². The Kier molecular flexibility index (Phi) is 5.37. The van der Waals surface area contributed by atoms with Gasteiger partial charge in [-0.15, -0.1) is 11.3 Å². The normalized spacial score (nSPS) is 24.8. The Labute approximate surface area is 173 Å². The summed E-state index contributed by atoms with van der Waals surface area (Å²) in [5.74, 6) is 0.467. The third-order valence-corrected chi connectivity index (χ3v) is 9.12. The van der Waals surface area contributed by atoms with E-state index >= 15 is 0 Å². The molecule has 2 aromatic rings. The van der Waals surface area contributed by atoms with Gasteiger partial charge in [0.15, 0.2) is 15.0 Å². The van der Waals surface area contributed by atoms with E-state index < -0.39 is 9.84 Å². The lowest BCUT2D eigenvalue weighted by Gasteiger charge is -2.25. The van der Waals surface area contributed by atoms with E-state index in [1.54, 1.807) is 0 Å². The van der Waals surface area contributed by atoms with Crippen molar-refractivity contribution in [3.63, 3.8) is 0 Å². The van der Waals surface area contributed by atoms with Crippen molar-refractivity contribution in [3.05, 3.63) is 52.2 Å². The summed E-state index contributed by atoms with van der Waals surface area (Å²) in [5.41, 5.74) is 2.11. The second-order valence-electron chi connectivity index (χ2n) is 7.46. The van der Waals surface area contributed by atoms with Crippen LogP contribution in [0.5, 0.6) is 0 Å². The lowest BCUT2D eigenvalue weighted by molar-refractivity contribution is -0.117. The number of anilines is 1. The summed E-state index contributed by atoms with van der Waals surface area (Å²) in [5, 5.41) is 2.48. The Hall–Kier alpha value is -1.64. The molecule has 2 aliphatic rings. The summed E-state index contributed by atoms with van der Waals surface area (Å²) in [6, 6.07) is 11.8. The number of rotatable bonds is 4. The predicted octanol–water partition coefficient (Wildman–Crippen LogP) is 3.72. The van der Waals surface area contributed by atoms with Gasteiger partial charge in [0.1, 0.15) is 0 Å². The van der Waals surface area contributed by atoms with Gasteiger partial charge in [-0.05, 0) is 35.1 Å². The van der Waals surface area contributed by atoms with Crippen LogP contribution < -0.4 is 4.90 Å². The van der Waals surface area contributed by atoms with Crippen molar-refractivity contribution in [2.24, 2.45) is 4.99 Å². The van der Waals surface area contributed by atoms with Gasteiger partial charge in [-0.1, -0.05) is 43.8 Å². The molecule has 0 bridgehead atoms. The van der Waals surface area contributed by atoms with Gasteiger partial charge in [-0.3, -0.25) is 4.79 Å². The van der Waals surface area contributed by atoms with Crippen molar-refractivity contribution >= 4 is 49.7 Å². The van der Waals surface area contributed by atoms with E-state index in [0.717, 1.165) is 10.6 Å². The number of benzene rings is 1. The van der Waals surface area contributed by atoms with Crippen molar-refractivity contribution in [1.29, 1.82) is 0 Å². The molecule has 0 N–H and O–H groups in total. The van der Waals surface area contributed by atoms with Crippen LogP contribution in [0, 0.1) is 0 Å². The molecular weight excluding hydrogens is 412 g/mol. The van der Waals surface area contributed by atoms with Gasteiger partial charge in [0.2, 0.25) is 0 Å². The highest BCUT2D eigenvalue weighted by Gasteiger charge is 2.49. The van der Waals surface area contributed by atoms with Crippen LogP contribution >= 0.6 is 23.1 Å². The Morgan fingerprint density at radius 2 is 1.96 bits per heavy atom. The molecular formula is C20H22N2O3S3. The van der Waals surface area contributed by atoms with E-state index in [1.165, 1.54) is 28.7 Å². The Balaban J connectivity index is 1.65. The van der Waals surface area contributed by atoms with Crippen LogP contribution in [0.4, 0.5) is 5.69 Å². The van der Waals surface area contributed by atoms with Crippen LogP contribution in [-0.2, 0) is 21.1 Å². The van der Waals surface area contributed by atoms with Gasteiger partial charge in [-0.25, -0.2) is 8.42 Å². The summed E-state index contributed by atoms with van der Waals surface area (Å²) in [7, 11) is -3.06. The van der Waals surface area contributed by atoms with Crippen LogP contribution in [-0.4, -0.2) is 42.3 Å². The number of aliphatic imine (C=N–C) groups is 1. The molecule has 0 spiro atoms. The fourth-order valence-electron chi connectivity index (χ4n) is 3.59. The van der Waals surface area contributed by atoms with E-state index in [-0.39, 0.29) is 35.1 Å². The van der Waals surface area contributed by atoms with Crippen LogP contribution in [0.1, 0.15) is 30.2 Å². The molecule has 2 aliphatic heterocycles. The van der Waals surface area contributed by atoms with Gasteiger partial charge in [0.05, 0.1) is 24.0 Å². The Bertz CT molecular complexity index is 996. The molecule has 1 aromatic carbocycles. The summed E-state index contributed by atoms with van der Waals surface area (Å²) >= 11 is 2.95. The van der Waals surface area contributed by atoms with Crippen molar-refractivity contribution in [2.75, 3.05) is 16.4 Å². The maximum Gasteiger partial charge on any atom is 0.253 e. The Morgan fingerprint density at radius 3 is 2.61 bits per heavy atom. The second kappa shape index (κ2) is 7.65. The molecule has 8 heteroatoms. The average molecular weight is 435 g/mol. The van der Waals surface area contributed by atoms with E-state index in [1.807, 2.05) is 34.5 Å². The minimum absolute atomic E-state index is 0.0805. The molecule has 3 heterocycles. The van der Waals surface area contributed by atoms with Crippen LogP contribution in [0.2, 0.25) is 0 Å². The number of sulfone groups is 1. The third kappa shape index (κ3) is 4.04. The first-order valence-electron chi connectivity index (χ1n) is 9.22. The molecule has 0 saturated carbocycles. The molecule has 28 heavy (non-hydrogen) atoms. The molecule has 5 nitrogen and oxygen atoms in total. The van der Waals surface area contributed by atoms with Crippen LogP contribution in [0.3, 0.4) is 0 Å². The smallest absolute Gasteiger partial charge is 0.253 e. The quantitative estimate of drug-likeness (QED) is 0.734. The molecule has 2 atom stereocenters. The van der Waals surface area contributed by atoms with E-state index in [4.69, 9.17) is 0 Å². The first-order valence-corrected chi connectivity index (χ1v) is 12.8. The van der Waals surface area contributed by atoms with Gasteiger partial charge < -0.3 is 4.90 Å². The van der Waals surface area contributed by atoms with Gasteiger partial charge in [0, 0.05) is 15.8 Å².